The summed E-state index contributed by atoms with van der Waals surface area (Å²) in [4.78, 5) is 7.70. The van der Waals surface area contributed by atoms with E-state index in [2.05, 4.69) is 33.5 Å². The van der Waals surface area contributed by atoms with Crippen molar-refractivity contribution in [2.75, 3.05) is 13.1 Å². The van der Waals surface area contributed by atoms with Gasteiger partial charge in [0.05, 0.1) is 10.6 Å². The maximum Gasteiger partial charge on any atom is 0.280 e. The number of thiophene rings is 1. The quantitative estimate of drug-likeness (QED) is 0.439. The maximum atomic E-state index is 13.7. The summed E-state index contributed by atoms with van der Waals surface area (Å²) in [7, 11) is 0. The number of aliphatic imine (C=N–C) groups is 1. The van der Waals surface area contributed by atoms with Gasteiger partial charge in [-0.1, -0.05) is 37.3 Å². The van der Waals surface area contributed by atoms with Crippen molar-refractivity contribution >= 4 is 17.0 Å². The number of alkyl halides is 2. The van der Waals surface area contributed by atoms with Crippen molar-refractivity contribution < 1.29 is 8.78 Å². The van der Waals surface area contributed by atoms with Crippen LogP contribution in [0.1, 0.15) is 44.9 Å². The van der Waals surface area contributed by atoms with Gasteiger partial charge in [0.25, 0.3) is 6.43 Å². The Labute approximate surface area is 176 Å². The minimum atomic E-state index is -2.58. The van der Waals surface area contributed by atoms with Gasteiger partial charge < -0.3 is 4.90 Å². The van der Waals surface area contributed by atoms with Gasteiger partial charge in [-0.2, -0.15) is 0 Å². The standard InChI is InChI=1S/C24H28F2N2S/c1-4-17(2)23(24(25)26)27-21(14-18(3)28-12-8-9-13-28)22-15-20(16-29-22)19-10-6-5-7-11-19/h5-7,10-11,14-16,24H,4,8-9,12-13H2,1-3H3/b18-14+,23-17+,27-21-. The van der Waals surface area contributed by atoms with Gasteiger partial charge in [-0.3, -0.25) is 0 Å². The molecule has 0 saturated carbocycles. The molecule has 3 rings (SSSR count). The van der Waals surface area contributed by atoms with Crippen molar-refractivity contribution in [3.05, 3.63) is 69.7 Å². The van der Waals surface area contributed by atoms with E-state index < -0.39 is 6.43 Å². The Balaban J connectivity index is 2.04. The minimum Gasteiger partial charge on any atom is -0.375 e. The number of nitrogens with zero attached hydrogens (tertiary/aromatic N) is 2. The molecule has 29 heavy (non-hydrogen) atoms. The molecule has 0 amide bonds. The Morgan fingerprint density at radius 3 is 2.45 bits per heavy atom. The van der Waals surface area contributed by atoms with Gasteiger partial charge in [0.2, 0.25) is 0 Å². The fourth-order valence-electron chi connectivity index (χ4n) is 3.41. The second-order valence-electron chi connectivity index (χ2n) is 7.36. The van der Waals surface area contributed by atoms with E-state index in [1.54, 1.807) is 18.3 Å². The number of likely N-dealkylation sites (tertiary alicyclic amines) is 1. The van der Waals surface area contributed by atoms with Crippen molar-refractivity contribution in [1.82, 2.24) is 4.90 Å². The molecule has 1 aromatic heterocycles. The lowest BCUT2D eigenvalue weighted by molar-refractivity contribution is 0.186. The van der Waals surface area contributed by atoms with E-state index in [9.17, 15) is 8.78 Å². The lowest BCUT2D eigenvalue weighted by Crippen LogP contribution is -2.17. The van der Waals surface area contributed by atoms with Crippen LogP contribution in [0.2, 0.25) is 0 Å². The van der Waals surface area contributed by atoms with E-state index in [-0.39, 0.29) is 5.70 Å². The van der Waals surface area contributed by atoms with Crippen LogP contribution in [-0.4, -0.2) is 30.1 Å². The van der Waals surface area contributed by atoms with Crippen LogP contribution in [0.5, 0.6) is 0 Å². The molecular formula is C24H28F2N2S. The Morgan fingerprint density at radius 1 is 1.14 bits per heavy atom. The topological polar surface area (TPSA) is 15.6 Å². The zero-order valence-corrected chi connectivity index (χ0v) is 18.1. The molecular weight excluding hydrogens is 386 g/mol. The molecule has 1 aliphatic rings. The van der Waals surface area contributed by atoms with Crippen molar-refractivity contribution in [2.45, 2.75) is 46.5 Å². The number of allylic oxidation sites excluding steroid dienone is 4. The zero-order valence-electron chi connectivity index (χ0n) is 17.3. The Kier molecular flexibility index (Phi) is 7.37. The van der Waals surface area contributed by atoms with Crippen molar-refractivity contribution in [2.24, 2.45) is 4.99 Å². The molecule has 2 aromatic rings. The lowest BCUT2D eigenvalue weighted by atomic mass is 10.1. The summed E-state index contributed by atoms with van der Waals surface area (Å²) in [6.45, 7) is 7.70. The number of benzene rings is 1. The Bertz CT molecular complexity index is 904. The molecule has 1 aliphatic heterocycles. The van der Waals surface area contributed by atoms with Gasteiger partial charge >= 0.3 is 0 Å². The molecule has 1 fully saturated rings. The molecule has 5 heteroatoms. The van der Waals surface area contributed by atoms with E-state index in [1.807, 2.05) is 38.1 Å². The molecule has 0 radical (unpaired) electrons. The predicted molar refractivity (Wildman–Crippen MR) is 120 cm³/mol. The SMILES string of the molecule is CC/C(C)=C(/N=C(/C=C(\C)N1CCCC1)c1cc(-c2ccccc2)cs1)C(F)F. The summed E-state index contributed by atoms with van der Waals surface area (Å²) in [6.07, 6.45) is 2.29. The highest BCUT2D eigenvalue weighted by molar-refractivity contribution is 7.12. The predicted octanol–water partition coefficient (Wildman–Crippen LogP) is 7.15. The second kappa shape index (κ2) is 9.97. The van der Waals surface area contributed by atoms with Gasteiger partial charge in [0.15, 0.2) is 0 Å². The monoisotopic (exact) mass is 414 g/mol. The number of hydrogen-bond donors (Lipinski definition) is 0. The zero-order chi connectivity index (χ0) is 20.8. The molecule has 0 aliphatic carbocycles. The van der Waals surface area contributed by atoms with Crippen LogP contribution in [0.15, 0.2) is 69.8 Å². The average molecular weight is 415 g/mol. The second-order valence-corrected chi connectivity index (χ2v) is 8.27. The summed E-state index contributed by atoms with van der Waals surface area (Å²) in [5.41, 5.74) is 4.42. The first-order valence-electron chi connectivity index (χ1n) is 10.1. The molecule has 0 bridgehead atoms. The third-order valence-corrected chi connectivity index (χ3v) is 6.28. The van der Waals surface area contributed by atoms with Gasteiger partial charge in [-0.15, -0.1) is 11.3 Å². The molecule has 0 unspecified atom stereocenters. The first-order valence-corrected chi connectivity index (χ1v) is 11.0. The summed E-state index contributed by atoms with van der Waals surface area (Å²) in [6, 6.07) is 12.2. The van der Waals surface area contributed by atoms with Gasteiger partial charge in [-0.05, 0) is 67.3 Å². The van der Waals surface area contributed by atoms with Crippen LogP contribution in [0.3, 0.4) is 0 Å². The number of rotatable bonds is 7. The lowest BCUT2D eigenvalue weighted by Gasteiger charge is -2.18. The Morgan fingerprint density at radius 2 is 1.83 bits per heavy atom. The average Bonchev–Trinajstić information content (AvgIpc) is 3.43. The molecule has 154 valence electrons. The molecule has 1 saturated heterocycles. The third kappa shape index (κ3) is 5.41. The molecule has 2 heterocycles. The van der Waals surface area contributed by atoms with E-state index >= 15 is 0 Å². The van der Waals surface area contributed by atoms with Crippen molar-refractivity contribution in [3.63, 3.8) is 0 Å². The molecule has 0 atom stereocenters. The minimum absolute atomic E-state index is 0.109. The molecule has 1 aromatic carbocycles. The highest BCUT2D eigenvalue weighted by Gasteiger charge is 2.18. The first-order chi connectivity index (χ1) is 14.0. The smallest absolute Gasteiger partial charge is 0.280 e. The van der Waals surface area contributed by atoms with Crippen LogP contribution in [0.25, 0.3) is 11.1 Å². The molecule has 0 N–H and O–H groups in total. The fourth-order valence-corrected chi connectivity index (χ4v) is 4.29. The number of hydrogen-bond acceptors (Lipinski definition) is 3. The first kappa shape index (κ1) is 21.4. The van der Waals surface area contributed by atoms with E-state index in [0.29, 0.717) is 17.7 Å². The van der Waals surface area contributed by atoms with Gasteiger partial charge in [-0.25, -0.2) is 13.8 Å². The van der Waals surface area contributed by atoms with Crippen molar-refractivity contribution in [1.29, 1.82) is 0 Å². The summed E-state index contributed by atoms with van der Waals surface area (Å²) in [5.74, 6) is 0. The van der Waals surface area contributed by atoms with Crippen LogP contribution in [0, 0.1) is 0 Å². The van der Waals surface area contributed by atoms with Gasteiger partial charge in [0.1, 0.15) is 5.70 Å². The highest BCUT2D eigenvalue weighted by Crippen LogP contribution is 2.28. The van der Waals surface area contributed by atoms with E-state index in [0.717, 1.165) is 34.8 Å². The van der Waals surface area contributed by atoms with Crippen LogP contribution in [0.4, 0.5) is 8.78 Å². The molecule has 2 nitrogen and oxygen atoms in total. The van der Waals surface area contributed by atoms with Crippen LogP contribution >= 0.6 is 11.3 Å². The Hall–Kier alpha value is -2.27. The van der Waals surface area contributed by atoms with Gasteiger partial charge in [0, 0.05) is 18.8 Å². The normalized spacial score (nSPS) is 16.6. The van der Waals surface area contributed by atoms with Crippen molar-refractivity contribution in [3.8, 4) is 11.1 Å². The van der Waals surface area contributed by atoms with Crippen LogP contribution < -0.4 is 0 Å². The fraction of sp³-hybridized carbons (Fsp3) is 0.375. The highest BCUT2D eigenvalue weighted by atomic mass is 32.1. The van der Waals surface area contributed by atoms with E-state index in [4.69, 9.17) is 0 Å². The van der Waals surface area contributed by atoms with E-state index in [1.165, 1.54) is 12.8 Å². The summed E-state index contributed by atoms with van der Waals surface area (Å²) in [5, 5.41) is 2.07. The largest absolute Gasteiger partial charge is 0.375 e. The van der Waals surface area contributed by atoms with Crippen LogP contribution in [-0.2, 0) is 0 Å². The maximum absolute atomic E-state index is 13.7. The third-order valence-electron chi connectivity index (χ3n) is 5.32. The summed E-state index contributed by atoms with van der Waals surface area (Å²) < 4.78 is 27.5. The summed E-state index contributed by atoms with van der Waals surface area (Å²) >= 11 is 1.55. The number of halogens is 2. The molecule has 0 spiro atoms.